The number of hydrogen-bond acceptors (Lipinski definition) is 3. The summed E-state index contributed by atoms with van der Waals surface area (Å²) in [5.74, 6) is 0.917. The lowest BCUT2D eigenvalue weighted by molar-refractivity contribution is -0.132. The molecule has 1 saturated carbocycles. The number of rotatable bonds is 6. The molecule has 1 aromatic rings. The quantitative estimate of drug-likeness (QED) is 0.861. The number of H-pyrrole nitrogens is 1. The topological polar surface area (TPSA) is 69.3 Å². The van der Waals surface area contributed by atoms with Crippen LogP contribution in [0.3, 0.4) is 0 Å². The highest BCUT2D eigenvalue weighted by Gasteiger charge is 2.29. The lowest BCUT2D eigenvalue weighted by Gasteiger charge is -2.28. The third-order valence-corrected chi connectivity index (χ3v) is 5.78. The Morgan fingerprint density at radius 1 is 1.24 bits per heavy atom. The second-order valence-electron chi connectivity index (χ2n) is 7.26. The molecule has 0 radical (unpaired) electrons. The minimum absolute atomic E-state index is 0.0391. The van der Waals surface area contributed by atoms with Crippen LogP contribution >= 0.6 is 0 Å². The molecule has 0 saturated heterocycles. The average Bonchev–Trinajstić information content (AvgIpc) is 3.29. The summed E-state index contributed by atoms with van der Waals surface area (Å²) in [5.41, 5.74) is 2.42. The summed E-state index contributed by atoms with van der Waals surface area (Å²) in [6.07, 6.45) is 7.60. The van der Waals surface area contributed by atoms with Crippen molar-refractivity contribution in [1.29, 1.82) is 0 Å². The lowest BCUT2D eigenvalue weighted by Crippen LogP contribution is -2.37. The van der Waals surface area contributed by atoms with E-state index in [4.69, 9.17) is 0 Å². The highest BCUT2D eigenvalue weighted by molar-refractivity contribution is 5.94. The molecular weight excluding hydrogens is 316 g/mol. The Balaban J connectivity index is 1.64. The first-order valence-corrected chi connectivity index (χ1v) is 9.77. The minimum atomic E-state index is -0.0391. The summed E-state index contributed by atoms with van der Waals surface area (Å²) in [6.45, 7) is 6.51. The number of amides is 2. The number of nitrogens with one attached hydrogen (secondary N) is 1. The zero-order chi connectivity index (χ0) is 17.8. The maximum atomic E-state index is 12.7. The van der Waals surface area contributed by atoms with Crippen LogP contribution in [-0.4, -0.2) is 51.4 Å². The molecule has 2 amide bonds. The summed E-state index contributed by atoms with van der Waals surface area (Å²) in [4.78, 5) is 29.0. The number of aromatic nitrogens is 2. The van der Waals surface area contributed by atoms with E-state index in [1.165, 1.54) is 25.7 Å². The Labute approximate surface area is 149 Å². The summed E-state index contributed by atoms with van der Waals surface area (Å²) < 4.78 is 0. The van der Waals surface area contributed by atoms with Gasteiger partial charge in [0, 0.05) is 50.3 Å². The second kappa shape index (κ2) is 8.02. The van der Waals surface area contributed by atoms with Gasteiger partial charge in [0.15, 0.2) is 5.69 Å². The molecule has 0 spiro atoms. The average molecular weight is 346 g/mol. The van der Waals surface area contributed by atoms with E-state index in [-0.39, 0.29) is 11.8 Å². The van der Waals surface area contributed by atoms with Gasteiger partial charge in [-0.3, -0.25) is 14.7 Å². The number of hydrogen-bond donors (Lipinski definition) is 1. The fourth-order valence-electron chi connectivity index (χ4n) is 4.13. The monoisotopic (exact) mass is 346 g/mol. The highest BCUT2D eigenvalue weighted by Crippen LogP contribution is 2.29. The molecule has 0 bridgehead atoms. The van der Waals surface area contributed by atoms with Crippen LogP contribution in [-0.2, 0) is 17.8 Å². The number of fused-ring (bicyclic) bond motifs is 1. The minimum Gasteiger partial charge on any atom is -0.338 e. The number of carbonyl (C=O) groups is 2. The molecule has 2 heterocycles. The van der Waals surface area contributed by atoms with Gasteiger partial charge >= 0.3 is 0 Å². The van der Waals surface area contributed by atoms with Crippen LogP contribution in [0.2, 0.25) is 0 Å². The molecule has 0 aromatic carbocycles. The normalized spacial score (nSPS) is 17.6. The van der Waals surface area contributed by atoms with Gasteiger partial charge in [0.05, 0.1) is 0 Å². The highest BCUT2D eigenvalue weighted by atomic mass is 16.2. The molecular formula is C19H30N4O2. The molecule has 2 aliphatic rings. The van der Waals surface area contributed by atoms with Gasteiger partial charge in [0.2, 0.25) is 5.91 Å². The van der Waals surface area contributed by atoms with Gasteiger partial charge in [0.1, 0.15) is 0 Å². The molecule has 1 aliphatic heterocycles. The molecule has 25 heavy (non-hydrogen) atoms. The van der Waals surface area contributed by atoms with Gasteiger partial charge in [-0.15, -0.1) is 0 Å². The number of aromatic amines is 1. The third kappa shape index (κ3) is 3.88. The molecule has 1 fully saturated rings. The van der Waals surface area contributed by atoms with Crippen LogP contribution in [0.5, 0.6) is 0 Å². The van der Waals surface area contributed by atoms with Crippen molar-refractivity contribution in [2.75, 3.05) is 19.6 Å². The van der Waals surface area contributed by atoms with E-state index in [0.29, 0.717) is 31.7 Å². The van der Waals surface area contributed by atoms with Gasteiger partial charge in [-0.2, -0.15) is 5.10 Å². The van der Waals surface area contributed by atoms with E-state index in [0.717, 1.165) is 36.6 Å². The van der Waals surface area contributed by atoms with Gasteiger partial charge in [0.25, 0.3) is 5.91 Å². The van der Waals surface area contributed by atoms with Crippen molar-refractivity contribution in [1.82, 2.24) is 20.0 Å². The van der Waals surface area contributed by atoms with Gasteiger partial charge in [-0.05, 0) is 26.2 Å². The number of nitrogens with zero attached hydrogens (tertiary/aromatic N) is 3. The van der Waals surface area contributed by atoms with Crippen molar-refractivity contribution >= 4 is 11.8 Å². The Kier molecular flexibility index (Phi) is 5.76. The SMILES string of the molecule is CCN(CC)C(=O)c1n[nH]c2c1CN(C(=O)CCC1CCCC1)CC2. The third-order valence-electron chi connectivity index (χ3n) is 5.78. The molecule has 6 nitrogen and oxygen atoms in total. The fraction of sp³-hybridized carbons (Fsp3) is 0.737. The molecule has 1 N–H and O–H groups in total. The lowest BCUT2D eigenvalue weighted by atomic mass is 10.00. The van der Waals surface area contributed by atoms with E-state index in [1.807, 2.05) is 18.7 Å². The van der Waals surface area contributed by atoms with Crippen LogP contribution in [0.15, 0.2) is 0 Å². The van der Waals surface area contributed by atoms with Crippen molar-refractivity contribution in [2.24, 2.45) is 5.92 Å². The van der Waals surface area contributed by atoms with E-state index in [9.17, 15) is 9.59 Å². The van der Waals surface area contributed by atoms with Crippen molar-refractivity contribution < 1.29 is 9.59 Å². The Bertz CT molecular complexity index is 615. The Morgan fingerprint density at radius 3 is 2.64 bits per heavy atom. The maximum absolute atomic E-state index is 12.7. The van der Waals surface area contributed by atoms with Crippen LogP contribution in [0, 0.1) is 5.92 Å². The molecule has 0 unspecified atom stereocenters. The number of carbonyl (C=O) groups excluding carboxylic acids is 2. The largest absolute Gasteiger partial charge is 0.338 e. The maximum Gasteiger partial charge on any atom is 0.274 e. The Morgan fingerprint density at radius 2 is 1.96 bits per heavy atom. The fourth-order valence-corrected chi connectivity index (χ4v) is 4.13. The molecule has 3 rings (SSSR count). The van der Waals surface area contributed by atoms with Crippen molar-refractivity contribution in [3.8, 4) is 0 Å². The van der Waals surface area contributed by atoms with Gasteiger partial charge < -0.3 is 9.80 Å². The summed E-state index contributed by atoms with van der Waals surface area (Å²) in [7, 11) is 0. The van der Waals surface area contributed by atoms with E-state index in [1.54, 1.807) is 4.90 Å². The van der Waals surface area contributed by atoms with Gasteiger partial charge in [-0.25, -0.2) is 0 Å². The summed E-state index contributed by atoms with van der Waals surface area (Å²) in [5, 5.41) is 7.27. The second-order valence-corrected chi connectivity index (χ2v) is 7.26. The Hall–Kier alpha value is -1.85. The van der Waals surface area contributed by atoms with Crippen LogP contribution < -0.4 is 0 Å². The molecule has 6 heteroatoms. The molecule has 0 atom stereocenters. The molecule has 138 valence electrons. The summed E-state index contributed by atoms with van der Waals surface area (Å²) >= 11 is 0. The van der Waals surface area contributed by atoms with Crippen LogP contribution in [0.25, 0.3) is 0 Å². The van der Waals surface area contributed by atoms with Crippen molar-refractivity contribution in [2.45, 2.75) is 65.3 Å². The zero-order valence-electron chi connectivity index (χ0n) is 15.5. The van der Waals surface area contributed by atoms with Crippen LogP contribution in [0.4, 0.5) is 0 Å². The first-order valence-electron chi connectivity index (χ1n) is 9.77. The predicted molar refractivity (Wildman–Crippen MR) is 96.2 cm³/mol. The summed E-state index contributed by atoms with van der Waals surface area (Å²) in [6, 6.07) is 0. The smallest absolute Gasteiger partial charge is 0.274 e. The van der Waals surface area contributed by atoms with Crippen molar-refractivity contribution in [3.05, 3.63) is 17.0 Å². The molecule has 1 aromatic heterocycles. The van der Waals surface area contributed by atoms with Crippen molar-refractivity contribution in [3.63, 3.8) is 0 Å². The van der Waals surface area contributed by atoms with Gasteiger partial charge in [-0.1, -0.05) is 25.7 Å². The van der Waals surface area contributed by atoms with E-state index in [2.05, 4.69) is 10.2 Å². The van der Waals surface area contributed by atoms with Crippen LogP contribution in [0.1, 0.15) is 74.1 Å². The van der Waals surface area contributed by atoms with E-state index < -0.39 is 0 Å². The first kappa shape index (κ1) is 18.0. The molecule has 1 aliphatic carbocycles. The van der Waals surface area contributed by atoms with E-state index >= 15 is 0 Å². The zero-order valence-corrected chi connectivity index (χ0v) is 15.5. The standard InChI is InChI=1S/C19H30N4O2/c1-3-22(4-2)19(25)18-15-13-23(12-11-16(15)20-21-18)17(24)10-9-14-7-5-6-8-14/h14H,3-13H2,1-2H3,(H,20,21). The predicted octanol–water partition coefficient (Wildman–Crippen LogP) is 2.75. The first-order chi connectivity index (χ1) is 12.1.